The number of nitrogens with two attached hydrogens (primary N) is 2. The molecule has 1 aliphatic carbocycles. The van der Waals surface area contributed by atoms with Crippen molar-refractivity contribution in [3.8, 4) is 0 Å². The smallest absolute Gasteiger partial charge is 0.352 e. The van der Waals surface area contributed by atoms with Gasteiger partial charge in [-0.15, -0.1) is 0 Å². The van der Waals surface area contributed by atoms with Crippen LogP contribution in [0.1, 0.15) is 46.5 Å². The average molecular weight is 404 g/mol. The number of hydrogen-bond acceptors (Lipinski definition) is 6. The Morgan fingerprint density at radius 3 is 2.30 bits per heavy atom. The first-order chi connectivity index (χ1) is 12.6. The lowest BCUT2D eigenvalue weighted by molar-refractivity contribution is -0.138. The minimum Gasteiger partial charge on any atom is -0.480 e. The average Bonchev–Trinajstić information content (AvgIpc) is 3.21. The summed E-state index contributed by atoms with van der Waals surface area (Å²) in [7, 11) is 0. The minimum atomic E-state index is -1.14. The zero-order chi connectivity index (χ0) is 21.0. The number of hydrogen-bond donors (Lipinski definition) is 5. The lowest BCUT2D eigenvalue weighted by atomic mass is 10.1. The first kappa shape index (κ1) is 25.4. The predicted molar refractivity (Wildman–Crippen MR) is 107 cm³/mol. The maximum Gasteiger partial charge on any atom is 0.352 e. The van der Waals surface area contributed by atoms with E-state index in [0.29, 0.717) is 12.2 Å². The summed E-state index contributed by atoms with van der Waals surface area (Å²) in [4.78, 5) is 33.7. The Kier molecular flexibility index (Phi) is 12.0. The number of rotatable bonds is 11. The number of allylic oxidation sites excluding steroid dienone is 1. The molecule has 0 saturated heterocycles. The van der Waals surface area contributed by atoms with E-state index in [0.717, 1.165) is 31.6 Å². The van der Waals surface area contributed by atoms with Crippen LogP contribution in [0.4, 0.5) is 0 Å². The van der Waals surface area contributed by atoms with E-state index in [-0.39, 0.29) is 22.9 Å². The Bertz CT molecular complexity index is 537. The summed E-state index contributed by atoms with van der Waals surface area (Å²) in [5.41, 5.74) is 10.1. The molecule has 1 saturated carbocycles. The van der Waals surface area contributed by atoms with Crippen LogP contribution in [-0.4, -0.2) is 52.2 Å². The number of carboxylic acid groups (broad SMARTS) is 2. The molecule has 0 aromatic heterocycles. The number of carbonyl (C=O) groups excluding carboxylic acids is 1. The van der Waals surface area contributed by atoms with Crippen molar-refractivity contribution in [2.45, 2.75) is 52.5 Å². The highest BCUT2D eigenvalue weighted by atomic mass is 32.2. The van der Waals surface area contributed by atoms with Gasteiger partial charge in [-0.25, -0.2) is 4.79 Å². The van der Waals surface area contributed by atoms with Crippen molar-refractivity contribution in [2.24, 2.45) is 22.8 Å². The lowest BCUT2D eigenvalue weighted by Crippen LogP contribution is -2.32. The lowest BCUT2D eigenvalue weighted by Gasteiger charge is -2.08. The second-order valence-corrected chi connectivity index (χ2v) is 8.23. The molecule has 9 heteroatoms. The minimum absolute atomic E-state index is 0.0400. The highest BCUT2D eigenvalue weighted by molar-refractivity contribution is 7.99. The molecule has 0 bridgehead atoms. The quantitative estimate of drug-likeness (QED) is 0.256. The Labute approximate surface area is 165 Å². The summed E-state index contributed by atoms with van der Waals surface area (Å²) < 4.78 is 0. The molecule has 2 atom stereocenters. The molecular weight excluding hydrogens is 370 g/mol. The summed E-state index contributed by atoms with van der Waals surface area (Å²) in [6.07, 6.45) is 4.44. The van der Waals surface area contributed by atoms with E-state index in [1.54, 1.807) is 0 Å². The number of nitrogens with one attached hydrogen (secondary N) is 1. The normalized spacial score (nSPS) is 18.7. The largest absolute Gasteiger partial charge is 0.480 e. The van der Waals surface area contributed by atoms with Crippen LogP contribution < -0.4 is 16.8 Å². The van der Waals surface area contributed by atoms with Gasteiger partial charge in [0.15, 0.2) is 0 Å². The van der Waals surface area contributed by atoms with Crippen LogP contribution in [0.25, 0.3) is 0 Å². The molecule has 7 N–H and O–H groups in total. The molecule has 0 radical (unpaired) electrons. The number of unbranched alkanes of at least 4 members (excludes halogenated alkanes) is 2. The number of carboxylic acids is 2. The first-order valence-corrected chi connectivity index (χ1v) is 10.2. The van der Waals surface area contributed by atoms with E-state index in [1.165, 1.54) is 17.8 Å². The molecule has 0 heterocycles. The van der Waals surface area contributed by atoms with Crippen LogP contribution in [0.5, 0.6) is 0 Å². The fourth-order valence-corrected chi connectivity index (χ4v) is 3.17. The molecule has 8 nitrogen and oxygen atoms in total. The topological polar surface area (TPSA) is 156 Å². The summed E-state index contributed by atoms with van der Waals surface area (Å²) in [5.74, 6) is -1.37. The number of carbonyl (C=O) groups is 3. The van der Waals surface area contributed by atoms with Gasteiger partial charge in [-0.3, -0.25) is 9.59 Å². The van der Waals surface area contributed by atoms with Crippen molar-refractivity contribution in [3.05, 3.63) is 11.8 Å². The molecule has 27 heavy (non-hydrogen) atoms. The molecule has 0 aromatic carbocycles. The Balaban J connectivity index is 0.00000210. The van der Waals surface area contributed by atoms with Crippen LogP contribution in [0.15, 0.2) is 11.8 Å². The highest BCUT2D eigenvalue weighted by Crippen LogP contribution is 2.51. The van der Waals surface area contributed by atoms with E-state index >= 15 is 0 Å². The van der Waals surface area contributed by atoms with Crippen molar-refractivity contribution < 1.29 is 24.6 Å². The third-order valence-corrected chi connectivity index (χ3v) is 5.20. The second kappa shape index (κ2) is 12.7. The first-order valence-electron chi connectivity index (χ1n) is 9.07. The van der Waals surface area contributed by atoms with Crippen molar-refractivity contribution in [2.75, 3.05) is 18.1 Å². The summed E-state index contributed by atoms with van der Waals surface area (Å²) in [6.45, 7) is 6.62. The molecule has 0 spiro atoms. The summed E-state index contributed by atoms with van der Waals surface area (Å²) in [6, 6.07) is -0.851. The van der Waals surface area contributed by atoms with E-state index < -0.39 is 18.0 Å². The van der Waals surface area contributed by atoms with Gasteiger partial charge in [0.2, 0.25) is 5.91 Å². The monoisotopic (exact) mass is 403 g/mol. The second-order valence-electron chi connectivity index (χ2n) is 7.08. The molecule has 156 valence electrons. The van der Waals surface area contributed by atoms with E-state index in [2.05, 4.69) is 5.32 Å². The van der Waals surface area contributed by atoms with Gasteiger partial charge in [0.1, 0.15) is 11.7 Å². The molecule has 1 rings (SSSR count). The summed E-state index contributed by atoms with van der Waals surface area (Å²) >= 11 is 1.46. The van der Waals surface area contributed by atoms with Gasteiger partial charge in [0, 0.05) is 11.7 Å². The standard InChI is InChI=1S/C16H26N2O5S.C2H7N/c1-16(2)8-10(16)13(19)18-12(15(22)23)6-4-3-5-7-24-9-11(17)14(20)21;1-2-3/h6,10-11H,3-5,7-9,17H2,1-2H3,(H,18,19)(H,20,21)(H,22,23);2-3H2,1H3/b12-6-;/t10-,11+;/m1./s1. The van der Waals surface area contributed by atoms with E-state index in [1.807, 2.05) is 20.8 Å². The van der Waals surface area contributed by atoms with Gasteiger partial charge in [-0.05, 0) is 43.4 Å². The summed E-state index contributed by atoms with van der Waals surface area (Å²) in [5, 5.41) is 20.3. The van der Waals surface area contributed by atoms with Crippen molar-refractivity contribution in [1.82, 2.24) is 5.32 Å². The highest BCUT2D eigenvalue weighted by Gasteiger charge is 2.50. The fourth-order valence-electron chi connectivity index (χ4n) is 2.20. The Morgan fingerprint density at radius 1 is 1.30 bits per heavy atom. The maximum atomic E-state index is 12.0. The zero-order valence-electron chi connectivity index (χ0n) is 16.4. The van der Waals surface area contributed by atoms with E-state index in [4.69, 9.17) is 21.7 Å². The molecule has 0 aromatic rings. The number of amides is 1. The van der Waals surface area contributed by atoms with Crippen LogP contribution in [-0.2, 0) is 14.4 Å². The predicted octanol–water partition coefficient (Wildman–Crippen LogP) is 1.40. The molecular formula is C18H33N3O5S. The molecule has 1 aliphatic rings. The van der Waals surface area contributed by atoms with Crippen molar-refractivity contribution in [3.63, 3.8) is 0 Å². The fraction of sp³-hybridized carbons (Fsp3) is 0.722. The Morgan fingerprint density at radius 2 is 1.85 bits per heavy atom. The molecule has 0 aliphatic heterocycles. The molecule has 1 fully saturated rings. The van der Waals surface area contributed by atoms with E-state index in [9.17, 15) is 14.4 Å². The third-order valence-electron chi connectivity index (χ3n) is 4.02. The number of thioether (sulfide) groups is 1. The van der Waals surface area contributed by atoms with Crippen molar-refractivity contribution >= 4 is 29.6 Å². The van der Waals surface area contributed by atoms with Gasteiger partial charge in [-0.1, -0.05) is 26.8 Å². The van der Waals surface area contributed by atoms with Gasteiger partial charge >= 0.3 is 11.9 Å². The van der Waals surface area contributed by atoms with Crippen LogP contribution in [0.3, 0.4) is 0 Å². The van der Waals surface area contributed by atoms with Gasteiger partial charge < -0.3 is 27.0 Å². The van der Waals surface area contributed by atoms with Crippen LogP contribution in [0.2, 0.25) is 0 Å². The van der Waals surface area contributed by atoms with Gasteiger partial charge in [0.05, 0.1) is 0 Å². The van der Waals surface area contributed by atoms with Crippen molar-refractivity contribution in [1.29, 1.82) is 0 Å². The SMILES string of the molecule is CC1(C)C[C@@H]1C(=O)N/C(=C\CCCCSC[C@H](N)C(=O)O)C(=O)O.CCN. The third kappa shape index (κ3) is 11.0. The molecule has 1 amide bonds. The zero-order valence-corrected chi connectivity index (χ0v) is 17.2. The van der Waals surface area contributed by atoms with Gasteiger partial charge in [-0.2, -0.15) is 11.8 Å². The number of aliphatic carboxylic acids is 2. The maximum absolute atomic E-state index is 12.0. The van der Waals surface area contributed by atoms with Crippen LogP contribution >= 0.6 is 11.8 Å². The molecule has 0 unspecified atom stereocenters. The van der Waals surface area contributed by atoms with Gasteiger partial charge in [0.25, 0.3) is 0 Å². The van der Waals surface area contributed by atoms with Crippen LogP contribution in [0, 0.1) is 11.3 Å². The Hall–Kier alpha value is -1.58.